The SMILES string of the molecule is COc1ccc(C(O)c2cccc(S(C)(=O)=O)c2)cc1F. The number of ether oxygens (including phenoxy) is 1. The number of benzene rings is 2. The molecule has 0 aliphatic rings. The molecular formula is C15H15FO4S. The van der Waals surface area contributed by atoms with E-state index in [0.717, 1.165) is 12.3 Å². The van der Waals surface area contributed by atoms with E-state index in [1.807, 2.05) is 0 Å². The Morgan fingerprint density at radius 3 is 2.38 bits per heavy atom. The molecule has 4 nitrogen and oxygen atoms in total. The molecule has 0 fully saturated rings. The Bertz CT molecular complexity index is 756. The summed E-state index contributed by atoms with van der Waals surface area (Å²) in [5.41, 5.74) is 0.696. The first-order valence-corrected chi connectivity index (χ1v) is 8.03. The molecule has 21 heavy (non-hydrogen) atoms. The van der Waals surface area contributed by atoms with E-state index < -0.39 is 21.8 Å². The number of aliphatic hydroxyl groups excluding tert-OH is 1. The molecule has 0 spiro atoms. The van der Waals surface area contributed by atoms with Gasteiger partial charge in [-0.15, -0.1) is 0 Å². The highest BCUT2D eigenvalue weighted by atomic mass is 32.2. The van der Waals surface area contributed by atoms with E-state index in [9.17, 15) is 17.9 Å². The van der Waals surface area contributed by atoms with Crippen molar-refractivity contribution >= 4 is 9.84 Å². The van der Waals surface area contributed by atoms with Gasteiger partial charge in [0, 0.05) is 6.26 Å². The summed E-state index contributed by atoms with van der Waals surface area (Å²) < 4.78 is 41.5. The molecule has 0 radical (unpaired) electrons. The minimum Gasteiger partial charge on any atom is -0.494 e. The van der Waals surface area contributed by atoms with E-state index in [0.29, 0.717) is 11.1 Å². The fraction of sp³-hybridized carbons (Fsp3) is 0.200. The topological polar surface area (TPSA) is 63.6 Å². The van der Waals surface area contributed by atoms with Gasteiger partial charge >= 0.3 is 0 Å². The molecule has 0 aliphatic heterocycles. The molecule has 0 bridgehead atoms. The van der Waals surface area contributed by atoms with Crippen molar-refractivity contribution in [1.82, 2.24) is 0 Å². The van der Waals surface area contributed by atoms with Crippen molar-refractivity contribution in [3.05, 3.63) is 59.4 Å². The van der Waals surface area contributed by atoms with Crippen LogP contribution in [-0.2, 0) is 9.84 Å². The van der Waals surface area contributed by atoms with Crippen molar-refractivity contribution < 1.29 is 22.7 Å². The van der Waals surface area contributed by atoms with Gasteiger partial charge in [-0.25, -0.2) is 12.8 Å². The Morgan fingerprint density at radius 1 is 1.14 bits per heavy atom. The largest absolute Gasteiger partial charge is 0.494 e. The first kappa shape index (κ1) is 15.5. The van der Waals surface area contributed by atoms with Crippen molar-refractivity contribution in [3.63, 3.8) is 0 Å². The van der Waals surface area contributed by atoms with E-state index in [1.54, 1.807) is 6.07 Å². The second-order valence-electron chi connectivity index (χ2n) is 4.64. The van der Waals surface area contributed by atoms with Crippen LogP contribution in [0.1, 0.15) is 17.2 Å². The van der Waals surface area contributed by atoms with Crippen LogP contribution in [0.15, 0.2) is 47.4 Å². The lowest BCUT2D eigenvalue weighted by atomic mass is 10.0. The molecule has 2 rings (SSSR count). The summed E-state index contributed by atoms with van der Waals surface area (Å²) in [5, 5.41) is 10.3. The fourth-order valence-corrected chi connectivity index (χ4v) is 2.64. The number of hydrogen-bond donors (Lipinski definition) is 1. The number of halogens is 1. The molecule has 0 saturated carbocycles. The lowest BCUT2D eigenvalue weighted by molar-refractivity contribution is 0.219. The van der Waals surface area contributed by atoms with Gasteiger partial charge in [0.2, 0.25) is 0 Å². The zero-order valence-electron chi connectivity index (χ0n) is 11.6. The minimum absolute atomic E-state index is 0.0795. The molecule has 6 heteroatoms. The van der Waals surface area contributed by atoms with Crippen molar-refractivity contribution in [2.24, 2.45) is 0 Å². The third-order valence-electron chi connectivity index (χ3n) is 3.09. The lowest BCUT2D eigenvalue weighted by Crippen LogP contribution is -2.03. The Labute approximate surface area is 122 Å². The first-order chi connectivity index (χ1) is 9.82. The van der Waals surface area contributed by atoms with E-state index in [1.165, 1.54) is 37.4 Å². The normalized spacial score (nSPS) is 13.0. The lowest BCUT2D eigenvalue weighted by Gasteiger charge is -2.13. The Hall–Kier alpha value is -1.92. The van der Waals surface area contributed by atoms with E-state index >= 15 is 0 Å². The number of rotatable bonds is 4. The molecule has 0 aliphatic carbocycles. The van der Waals surface area contributed by atoms with Crippen molar-refractivity contribution in [2.75, 3.05) is 13.4 Å². The summed E-state index contributed by atoms with van der Waals surface area (Å²) >= 11 is 0. The summed E-state index contributed by atoms with van der Waals surface area (Å²) in [6, 6.07) is 10.0. The highest BCUT2D eigenvalue weighted by molar-refractivity contribution is 7.90. The maximum Gasteiger partial charge on any atom is 0.175 e. The van der Waals surface area contributed by atoms with Crippen molar-refractivity contribution in [2.45, 2.75) is 11.0 Å². The standard InChI is InChI=1S/C15H15FO4S/c1-20-14-7-6-11(9-13(14)16)15(17)10-4-3-5-12(8-10)21(2,18)19/h3-9,15,17H,1-2H3. The Balaban J connectivity index is 2.40. The molecule has 0 saturated heterocycles. The molecule has 1 unspecified atom stereocenters. The van der Waals surface area contributed by atoms with E-state index in [4.69, 9.17) is 4.74 Å². The van der Waals surface area contributed by atoms with Crippen LogP contribution in [0.2, 0.25) is 0 Å². The van der Waals surface area contributed by atoms with Crippen molar-refractivity contribution in [1.29, 1.82) is 0 Å². The quantitative estimate of drug-likeness (QED) is 0.941. The average molecular weight is 310 g/mol. The third-order valence-corrected chi connectivity index (χ3v) is 4.20. The van der Waals surface area contributed by atoms with E-state index in [2.05, 4.69) is 0 Å². The Kier molecular flexibility index (Phi) is 4.29. The number of methoxy groups -OCH3 is 1. The van der Waals surface area contributed by atoms with Gasteiger partial charge in [-0.2, -0.15) is 0 Å². The van der Waals surface area contributed by atoms with Gasteiger partial charge in [-0.05, 0) is 35.4 Å². The predicted octanol–water partition coefficient (Wildman–Crippen LogP) is 2.32. The zero-order valence-corrected chi connectivity index (χ0v) is 12.4. The maximum atomic E-state index is 13.7. The van der Waals surface area contributed by atoms with Crippen LogP contribution < -0.4 is 4.74 Å². The number of aliphatic hydroxyl groups is 1. The van der Waals surface area contributed by atoms with Gasteiger partial charge in [-0.3, -0.25) is 0 Å². The molecule has 2 aromatic rings. The molecule has 112 valence electrons. The smallest absolute Gasteiger partial charge is 0.175 e. The first-order valence-electron chi connectivity index (χ1n) is 6.14. The van der Waals surface area contributed by atoms with Crippen LogP contribution in [0.4, 0.5) is 4.39 Å². The van der Waals surface area contributed by atoms with Gasteiger partial charge in [0.25, 0.3) is 0 Å². The van der Waals surface area contributed by atoms with Crippen LogP contribution in [0.3, 0.4) is 0 Å². The summed E-state index contributed by atoms with van der Waals surface area (Å²) in [6.07, 6.45) is -0.0296. The zero-order chi connectivity index (χ0) is 15.6. The van der Waals surface area contributed by atoms with Gasteiger partial charge in [0.15, 0.2) is 21.4 Å². The van der Waals surface area contributed by atoms with E-state index in [-0.39, 0.29) is 10.6 Å². The summed E-state index contributed by atoms with van der Waals surface area (Å²) in [7, 11) is -2.01. The molecule has 2 aromatic carbocycles. The summed E-state index contributed by atoms with van der Waals surface area (Å²) in [6.45, 7) is 0. The highest BCUT2D eigenvalue weighted by Crippen LogP contribution is 2.27. The van der Waals surface area contributed by atoms with Crippen LogP contribution in [0.5, 0.6) is 5.75 Å². The van der Waals surface area contributed by atoms with Gasteiger partial charge < -0.3 is 9.84 Å². The maximum absolute atomic E-state index is 13.7. The highest BCUT2D eigenvalue weighted by Gasteiger charge is 2.15. The fourth-order valence-electron chi connectivity index (χ4n) is 1.96. The predicted molar refractivity (Wildman–Crippen MR) is 76.6 cm³/mol. The molecular weight excluding hydrogens is 295 g/mol. The molecule has 0 aromatic heterocycles. The summed E-state index contributed by atoms with van der Waals surface area (Å²) in [5.74, 6) is -0.510. The van der Waals surface area contributed by atoms with Crippen LogP contribution in [-0.4, -0.2) is 26.9 Å². The Morgan fingerprint density at radius 2 is 1.81 bits per heavy atom. The van der Waals surface area contributed by atoms with Gasteiger partial charge in [0.05, 0.1) is 12.0 Å². The van der Waals surface area contributed by atoms with Crippen LogP contribution >= 0.6 is 0 Å². The van der Waals surface area contributed by atoms with Crippen molar-refractivity contribution in [3.8, 4) is 5.75 Å². The molecule has 1 N–H and O–H groups in total. The van der Waals surface area contributed by atoms with Gasteiger partial charge in [0.1, 0.15) is 6.10 Å². The van der Waals surface area contributed by atoms with Gasteiger partial charge in [-0.1, -0.05) is 18.2 Å². The monoisotopic (exact) mass is 310 g/mol. The molecule has 1 atom stereocenters. The minimum atomic E-state index is -3.37. The average Bonchev–Trinajstić information content (AvgIpc) is 2.45. The summed E-state index contributed by atoms with van der Waals surface area (Å²) in [4.78, 5) is 0.105. The second-order valence-corrected chi connectivity index (χ2v) is 6.66. The molecule has 0 heterocycles. The van der Waals surface area contributed by atoms with Crippen LogP contribution in [0, 0.1) is 5.82 Å². The number of hydrogen-bond acceptors (Lipinski definition) is 4. The molecule has 0 amide bonds. The number of sulfone groups is 1. The van der Waals surface area contributed by atoms with Crippen LogP contribution in [0.25, 0.3) is 0 Å². The second kappa shape index (κ2) is 5.83. The third kappa shape index (κ3) is 3.40.